The molecule has 34 heavy (non-hydrogen) atoms. The van der Waals surface area contributed by atoms with Crippen LogP contribution in [0.4, 0.5) is 0 Å². The summed E-state index contributed by atoms with van der Waals surface area (Å²) in [6, 6.07) is 15.2. The van der Waals surface area contributed by atoms with Crippen molar-refractivity contribution in [3.63, 3.8) is 0 Å². The van der Waals surface area contributed by atoms with Crippen LogP contribution in [-0.2, 0) is 14.9 Å². The molecule has 0 saturated carbocycles. The van der Waals surface area contributed by atoms with Crippen molar-refractivity contribution in [2.45, 2.75) is 30.9 Å². The van der Waals surface area contributed by atoms with Gasteiger partial charge in [0.25, 0.3) is 0 Å². The molecule has 3 aromatic rings. The zero-order valence-electron chi connectivity index (χ0n) is 18.7. The van der Waals surface area contributed by atoms with Crippen molar-refractivity contribution in [3.05, 3.63) is 70.7 Å². The van der Waals surface area contributed by atoms with Gasteiger partial charge in [0.2, 0.25) is 5.91 Å². The molecular weight excluding hydrogens is 494 g/mol. The lowest BCUT2D eigenvalue weighted by Gasteiger charge is -2.12. The van der Waals surface area contributed by atoms with Crippen LogP contribution in [0.25, 0.3) is 10.8 Å². The summed E-state index contributed by atoms with van der Waals surface area (Å²) in [6.45, 7) is 5.71. The highest BCUT2D eigenvalue weighted by molar-refractivity contribution is 8.15. The molecule has 0 radical (unpaired) electrons. The van der Waals surface area contributed by atoms with E-state index < -0.39 is 10.1 Å². The molecule has 0 spiro atoms. The van der Waals surface area contributed by atoms with E-state index in [1.54, 1.807) is 25.1 Å². The average molecular weight is 516 g/mol. The minimum absolute atomic E-state index is 0.0517. The second kappa shape index (κ2) is 9.77. The smallest absolute Gasteiger partial charge is 0.339 e. The number of thioether (sulfide) groups is 1. The standard InChI is InChI=1S/C24H22ClN3O4S2/c1-14(2)22-23(29)27-24(33-22)28-26-13-19-18-7-5-4-6-16(18)9-11-21(19)32-34(30,31)17-10-8-15(3)20(25)12-17/h4-14,22H,1-3H3,(H,27,28,29)/b26-13-/t22-/m0/s1. The van der Waals surface area contributed by atoms with Crippen LogP contribution in [0, 0.1) is 12.8 Å². The van der Waals surface area contributed by atoms with E-state index in [1.807, 2.05) is 38.1 Å². The molecule has 0 unspecified atom stereocenters. The number of aryl methyl sites for hydroxylation is 1. The SMILES string of the molecule is Cc1ccc(S(=O)(=O)Oc2ccc3ccccc3c2/C=N\N=C2\NC(=O)[C@H](C(C)C)S2)cc1Cl. The van der Waals surface area contributed by atoms with Crippen molar-refractivity contribution in [1.29, 1.82) is 0 Å². The van der Waals surface area contributed by atoms with Crippen molar-refractivity contribution in [2.24, 2.45) is 16.1 Å². The normalized spacial score (nSPS) is 17.7. The minimum Gasteiger partial charge on any atom is -0.378 e. The number of rotatable bonds is 6. The lowest BCUT2D eigenvalue weighted by atomic mass is 10.0. The minimum atomic E-state index is -4.15. The number of amides is 1. The lowest BCUT2D eigenvalue weighted by molar-refractivity contribution is -0.119. The Morgan fingerprint density at radius 2 is 1.91 bits per heavy atom. The van der Waals surface area contributed by atoms with Crippen LogP contribution in [0.2, 0.25) is 5.02 Å². The summed E-state index contributed by atoms with van der Waals surface area (Å²) in [5.41, 5.74) is 1.20. The summed E-state index contributed by atoms with van der Waals surface area (Å²) < 4.78 is 31.4. The second-order valence-corrected chi connectivity index (χ2v) is 11.2. The van der Waals surface area contributed by atoms with Crippen molar-refractivity contribution in [3.8, 4) is 5.75 Å². The highest BCUT2D eigenvalue weighted by Crippen LogP contribution is 2.30. The maximum Gasteiger partial charge on any atom is 0.339 e. The summed E-state index contributed by atoms with van der Waals surface area (Å²) in [7, 11) is -4.15. The van der Waals surface area contributed by atoms with Crippen molar-refractivity contribution in [1.82, 2.24) is 5.32 Å². The largest absolute Gasteiger partial charge is 0.378 e. The maximum atomic E-state index is 13.0. The van der Waals surface area contributed by atoms with E-state index in [9.17, 15) is 13.2 Å². The number of amidine groups is 1. The summed E-state index contributed by atoms with van der Waals surface area (Å²) in [6.07, 6.45) is 1.43. The van der Waals surface area contributed by atoms with E-state index in [-0.39, 0.29) is 27.7 Å². The molecule has 0 aromatic heterocycles. The summed E-state index contributed by atoms with van der Waals surface area (Å²) in [4.78, 5) is 12.0. The molecule has 1 fully saturated rings. The van der Waals surface area contributed by atoms with Gasteiger partial charge in [0.1, 0.15) is 4.90 Å². The quantitative estimate of drug-likeness (QED) is 0.278. The first kappa shape index (κ1) is 24.3. The van der Waals surface area contributed by atoms with Gasteiger partial charge in [-0.15, -0.1) is 5.10 Å². The molecule has 1 saturated heterocycles. The van der Waals surface area contributed by atoms with Crippen LogP contribution < -0.4 is 9.50 Å². The highest BCUT2D eigenvalue weighted by atomic mass is 35.5. The van der Waals surface area contributed by atoms with Gasteiger partial charge in [0, 0.05) is 10.6 Å². The number of nitrogens with one attached hydrogen (secondary N) is 1. The van der Waals surface area contributed by atoms with Gasteiger partial charge >= 0.3 is 10.1 Å². The third-order valence-corrected chi connectivity index (χ3v) is 8.29. The van der Waals surface area contributed by atoms with Gasteiger partial charge in [0.15, 0.2) is 10.9 Å². The fourth-order valence-corrected chi connectivity index (χ4v) is 5.54. The van der Waals surface area contributed by atoms with Crippen LogP contribution in [0.1, 0.15) is 25.0 Å². The van der Waals surface area contributed by atoms with E-state index in [4.69, 9.17) is 15.8 Å². The first-order valence-corrected chi connectivity index (χ1v) is 13.1. The number of nitrogens with zero attached hydrogens (tertiary/aromatic N) is 2. The van der Waals surface area contributed by atoms with Gasteiger partial charge in [-0.25, -0.2) is 0 Å². The molecule has 1 amide bonds. The Balaban J connectivity index is 1.70. The molecule has 1 atom stereocenters. The molecule has 10 heteroatoms. The van der Waals surface area contributed by atoms with E-state index in [1.165, 1.54) is 30.1 Å². The topological polar surface area (TPSA) is 97.2 Å². The Morgan fingerprint density at radius 1 is 1.15 bits per heavy atom. The Hall–Kier alpha value is -2.88. The third kappa shape index (κ3) is 5.11. The van der Waals surface area contributed by atoms with Crippen LogP contribution in [0.5, 0.6) is 5.75 Å². The van der Waals surface area contributed by atoms with Crippen molar-refractivity contribution >= 4 is 61.5 Å². The number of carbonyl (C=O) groups excluding carboxylic acids is 1. The second-order valence-electron chi connectivity index (χ2n) is 8.07. The van der Waals surface area contributed by atoms with Gasteiger partial charge in [-0.3, -0.25) is 4.79 Å². The molecule has 0 aliphatic carbocycles. The average Bonchev–Trinajstić information content (AvgIpc) is 3.17. The van der Waals surface area contributed by atoms with Gasteiger partial charge in [-0.1, -0.05) is 73.6 Å². The lowest BCUT2D eigenvalue weighted by Crippen LogP contribution is -2.27. The molecule has 176 valence electrons. The molecule has 4 rings (SSSR count). The maximum absolute atomic E-state index is 13.0. The fraction of sp³-hybridized carbons (Fsp3) is 0.208. The molecule has 7 nitrogen and oxygen atoms in total. The van der Waals surface area contributed by atoms with E-state index in [0.717, 1.165) is 16.3 Å². The zero-order chi connectivity index (χ0) is 24.5. The molecular formula is C24H22ClN3O4S2. The summed E-state index contributed by atoms with van der Waals surface area (Å²) in [5.74, 6) is 0.147. The van der Waals surface area contributed by atoms with Crippen LogP contribution in [-0.4, -0.2) is 31.0 Å². The molecule has 0 bridgehead atoms. The Bertz CT molecular complexity index is 1440. The Labute approximate surface area is 207 Å². The highest BCUT2D eigenvalue weighted by Gasteiger charge is 2.32. The molecule has 3 aromatic carbocycles. The zero-order valence-corrected chi connectivity index (χ0v) is 21.0. The Kier molecular flexibility index (Phi) is 6.97. The van der Waals surface area contributed by atoms with Gasteiger partial charge in [-0.05, 0) is 47.4 Å². The third-order valence-electron chi connectivity index (χ3n) is 5.23. The predicted octanol–water partition coefficient (Wildman–Crippen LogP) is 5.15. The van der Waals surface area contributed by atoms with Crippen molar-refractivity contribution in [2.75, 3.05) is 0 Å². The number of halogens is 1. The molecule has 1 aliphatic rings. The van der Waals surface area contributed by atoms with Crippen LogP contribution in [0.15, 0.2) is 69.7 Å². The van der Waals surface area contributed by atoms with Crippen LogP contribution in [0.3, 0.4) is 0 Å². The van der Waals surface area contributed by atoms with Crippen molar-refractivity contribution < 1.29 is 17.4 Å². The van der Waals surface area contributed by atoms with Crippen LogP contribution >= 0.6 is 23.4 Å². The monoisotopic (exact) mass is 515 g/mol. The number of carbonyl (C=O) groups is 1. The molecule has 1 heterocycles. The van der Waals surface area contributed by atoms with E-state index in [0.29, 0.717) is 15.8 Å². The molecule has 1 aliphatic heterocycles. The number of fused-ring (bicyclic) bond motifs is 1. The fourth-order valence-electron chi connectivity index (χ4n) is 3.38. The number of benzene rings is 3. The van der Waals surface area contributed by atoms with E-state index in [2.05, 4.69) is 15.5 Å². The number of hydrogen-bond acceptors (Lipinski definition) is 7. The van der Waals surface area contributed by atoms with Gasteiger partial charge in [-0.2, -0.15) is 13.5 Å². The first-order chi connectivity index (χ1) is 16.2. The predicted molar refractivity (Wildman–Crippen MR) is 137 cm³/mol. The summed E-state index contributed by atoms with van der Waals surface area (Å²) in [5, 5.41) is 13.1. The number of hydrogen-bond donors (Lipinski definition) is 1. The molecule has 1 N–H and O–H groups in total. The van der Waals surface area contributed by atoms with Gasteiger partial charge in [0.05, 0.1) is 11.5 Å². The summed E-state index contributed by atoms with van der Waals surface area (Å²) >= 11 is 7.43. The Morgan fingerprint density at radius 3 is 2.62 bits per heavy atom. The van der Waals surface area contributed by atoms with Gasteiger partial charge < -0.3 is 9.50 Å². The first-order valence-electron chi connectivity index (χ1n) is 10.5. The van der Waals surface area contributed by atoms with E-state index >= 15 is 0 Å².